The van der Waals surface area contributed by atoms with Crippen LogP contribution in [-0.2, 0) is 6.42 Å². The van der Waals surface area contributed by atoms with E-state index in [1.165, 1.54) is 6.07 Å². The van der Waals surface area contributed by atoms with Gasteiger partial charge in [-0.15, -0.1) is 0 Å². The van der Waals surface area contributed by atoms with Crippen molar-refractivity contribution in [1.82, 2.24) is 9.78 Å². The highest BCUT2D eigenvalue weighted by Gasteiger charge is 2.17. The molecule has 2 rings (SSSR count). The Morgan fingerprint density at radius 3 is 2.85 bits per heavy atom. The van der Waals surface area contributed by atoms with Gasteiger partial charge in [0.05, 0.1) is 17.7 Å². The summed E-state index contributed by atoms with van der Waals surface area (Å²) >= 11 is 3.21. The third-order valence-electron chi connectivity index (χ3n) is 3.29. The zero-order chi connectivity index (χ0) is 14.7. The predicted molar refractivity (Wildman–Crippen MR) is 79.4 cm³/mol. The fourth-order valence-corrected chi connectivity index (χ4v) is 2.48. The summed E-state index contributed by atoms with van der Waals surface area (Å²) in [5, 5.41) is 4.36. The minimum absolute atomic E-state index is 0.0885. The smallest absolute Gasteiger partial charge is 0.172 e. The number of carbonyl (C=O) groups is 1. The van der Waals surface area contributed by atoms with Gasteiger partial charge >= 0.3 is 0 Å². The lowest BCUT2D eigenvalue weighted by molar-refractivity contribution is 0.0987. The van der Waals surface area contributed by atoms with Gasteiger partial charge in [0.1, 0.15) is 5.82 Å². The fourth-order valence-electron chi connectivity index (χ4n) is 1.92. The third-order valence-corrected chi connectivity index (χ3v) is 3.95. The Bertz CT molecular complexity index is 604. The van der Waals surface area contributed by atoms with Gasteiger partial charge in [-0.1, -0.05) is 13.0 Å². The Labute approximate surface area is 125 Å². The SMILES string of the molecule is CCC(C)n1ccc(CC(=O)c2c(F)cccc2Br)n1. The average molecular weight is 339 g/mol. The van der Waals surface area contributed by atoms with E-state index in [1.54, 1.807) is 18.2 Å². The van der Waals surface area contributed by atoms with E-state index in [0.29, 0.717) is 16.2 Å². The number of hydrogen-bond donors (Lipinski definition) is 0. The van der Waals surface area contributed by atoms with Gasteiger partial charge < -0.3 is 0 Å². The Kier molecular flexibility index (Phi) is 4.70. The van der Waals surface area contributed by atoms with E-state index in [2.05, 4.69) is 34.9 Å². The molecule has 0 saturated heterocycles. The first-order chi connectivity index (χ1) is 9.52. The number of hydrogen-bond acceptors (Lipinski definition) is 2. The molecule has 0 aliphatic rings. The first-order valence-corrected chi connectivity index (χ1v) is 7.33. The molecule has 0 radical (unpaired) electrons. The molecule has 0 saturated carbocycles. The molecule has 1 aromatic carbocycles. The van der Waals surface area contributed by atoms with Crippen LogP contribution in [0.2, 0.25) is 0 Å². The standard InChI is InChI=1S/C15H16BrFN2O/c1-3-10(2)19-8-7-11(18-19)9-14(20)15-12(16)5-4-6-13(15)17/h4-8,10H,3,9H2,1-2H3. The number of rotatable bonds is 5. The lowest BCUT2D eigenvalue weighted by Gasteiger charge is -2.08. The van der Waals surface area contributed by atoms with E-state index in [1.807, 2.05) is 10.9 Å². The van der Waals surface area contributed by atoms with Gasteiger partial charge in [0.15, 0.2) is 5.78 Å². The zero-order valence-corrected chi connectivity index (χ0v) is 13.0. The summed E-state index contributed by atoms with van der Waals surface area (Å²) in [7, 11) is 0. The largest absolute Gasteiger partial charge is 0.294 e. The molecule has 0 aliphatic carbocycles. The Morgan fingerprint density at radius 2 is 2.20 bits per heavy atom. The van der Waals surface area contributed by atoms with Crippen molar-refractivity contribution in [1.29, 1.82) is 0 Å². The summed E-state index contributed by atoms with van der Waals surface area (Å²) in [5.41, 5.74) is 0.746. The number of benzene rings is 1. The molecule has 2 aromatic rings. The van der Waals surface area contributed by atoms with Crippen molar-refractivity contribution in [3.8, 4) is 0 Å². The molecule has 106 valence electrons. The highest BCUT2D eigenvalue weighted by Crippen LogP contribution is 2.21. The fraction of sp³-hybridized carbons (Fsp3) is 0.333. The molecular weight excluding hydrogens is 323 g/mol. The molecule has 20 heavy (non-hydrogen) atoms. The summed E-state index contributed by atoms with van der Waals surface area (Å²) in [6.07, 6.45) is 2.92. The van der Waals surface area contributed by atoms with Crippen molar-refractivity contribution >= 4 is 21.7 Å². The van der Waals surface area contributed by atoms with Crippen molar-refractivity contribution in [2.75, 3.05) is 0 Å². The van der Waals surface area contributed by atoms with Gasteiger partial charge in [-0.25, -0.2) is 4.39 Å². The maximum Gasteiger partial charge on any atom is 0.172 e. The number of nitrogens with zero attached hydrogens (tertiary/aromatic N) is 2. The van der Waals surface area contributed by atoms with Crippen LogP contribution in [0.1, 0.15) is 42.4 Å². The average Bonchev–Trinajstić information content (AvgIpc) is 2.86. The minimum atomic E-state index is -0.509. The van der Waals surface area contributed by atoms with Crippen molar-refractivity contribution in [2.24, 2.45) is 0 Å². The molecule has 0 amide bonds. The van der Waals surface area contributed by atoms with E-state index in [9.17, 15) is 9.18 Å². The lowest BCUT2D eigenvalue weighted by atomic mass is 10.1. The quantitative estimate of drug-likeness (QED) is 0.766. The monoisotopic (exact) mass is 338 g/mol. The highest BCUT2D eigenvalue weighted by atomic mass is 79.9. The first-order valence-electron chi connectivity index (χ1n) is 6.54. The molecular formula is C15H16BrFN2O. The van der Waals surface area contributed by atoms with E-state index in [4.69, 9.17) is 0 Å². The van der Waals surface area contributed by atoms with Gasteiger partial charge in [0.2, 0.25) is 0 Å². The lowest BCUT2D eigenvalue weighted by Crippen LogP contribution is -2.09. The normalized spacial score (nSPS) is 12.4. The molecule has 0 aliphatic heterocycles. The number of carbonyl (C=O) groups excluding carboxylic acids is 1. The van der Waals surface area contributed by atoms with Crippen molar-refractivity contribution in [3.05, 3.63) is 52.0 Å². The Hall–Kier alpha value is -1.49. The molecule has 1 heterocycles. The minimum Gasteiger partial charge on any atom is -0.294 e. The molecule has 0 N–H and O–H groups in total. The Morgan fingerprint density at radius 1 is 1.45 bits per heavy atom. The van der Waals surface area contributed by atoms with Crippen LogP contribution < -0.4 is 0 Å². The van der Waals surface area contributed by atoms with Gasteiger partial charge in [-0.3, -0.25) is 9.48 Å². The molecule has 3 nitrogen and oxygen atoms in total. The molecule has 1 atom stereocenters. The maximum atomic E-state index is 13.7. The second-order valence-corrected chi connectivity index (χ2v) is 5.60. The van der Waals surface area contributed by atoms with Crippen LogP contribution in [0.25, 0.3) is 0 Å². The van der Waals surface area contributed by atoms with Crippen molar-refractivity contribution < 1.29 is 9.18 Å². The zero-order valence-electron chi connectivity index (χ0n) is 11.4. The molecule has 0 bridgehead atoms. The summed E-state index contributed by atoms with van der Waals surface area (Å²) in [6, 6.07) is 6.61. The van der Waals surface area contributed by atoms with Crippen LogP contribution in [0.3, 0.4) is 0 Å². The van der Waals surface area contributed by atoms with Gasteiger partial charge in [-0.05, 0) is 47.5 Å². The van der Waals surface area contributed by atoms with Crippen LogP contribution in [0.5, 0.6) is 0 Å². The van der Waals surface area contributed by atoms with E-state index >= 15 is 0 Å². The van der Waals surface area contributed by atoms with Gasteiger partial charge in [0.25, 0.3) is 0 Å². The number of aromatic nitrogens is 2. The molecule has 1 aromatic heterocycles. The van der Waals surface area contributed by atoms with Gasteiger partial charge in [0, 0.05) is 16.7 Å². The van der Waals surface area contributed by atoms with Crippen LogP contribution in [0.4, 0.5) is 4.39 Å². The second kappa shape index (κ2) is 6.31. The highest BCUT2D eigenvalue weighted by molar-refractivity contribution is 9.10. The summed E-state index contributed by atoms with van der Waals surface area (Å²) < 4.78 is 16.0. The van der Waals surface area contributed by atoms with Crippen LogP contribution in [0.15, 0.2) is 34.9 Å². The third kappa shape index (κ3) is 3.15. The topological polar surface area (TPSA) is 34.9 Å². The maximum absolute atomic E-state index is 13.7. The van der Waals surface area contributed by atoms with Crippen LogP contribution in [-0.4, -0.2) is 15.6 Å². The van der Waals surface area contributed by atoms with Crippen LogP contribution >= 0.6 is 15.9 Å². The number of Topliss-reactive ketones (excluding diaryl/α,β-unsaturated/α-hetero) is 1. The molecule has 5 heteroatoms. The first kappa shape index (κ1) is 14.9. The van der Waals surface area contributed by atoms with E-state index in [-0.39, 0.29) is 17.8 Å². The second-order valence-electron chi connectivity index (χ2n) is 4.74. The van der Waals surface area contributed by atoms with Gasteiger partial charge in [-0.2, -0.15) is 5.10 Å². The molecule has 1 unspecified atom stereocenters. The van der Waals surface area contributed by atoms with Crippen molar-refractivity contribution in [3.63, 3.8) is 0 Å². The summed E-state index contributed by atoms with van der Waals surface area (Å²) in [6.45, 7) is 4.14. The summed E-state index contributed by atoms with van der Waals surface area (Å²) in [5.74, 6) is -0.782. The molecule has 0 spiro atoms. The van der Waals surface area contributed by atoms with E-state index in [0.717, 1.165) is 6.42 Å². The number of halogens is 2. The number of ketones is 1. The Balaban J connectivity index is 2.18. The molecule has 0 fully saturated rings. The van der Waals surface area contributed by atoms with E-state index < -0.39 is 5.82 Å². The van der Waals surface area contributed by atoms with Crippen molar-refractivity contribution in [2.45, 2.75) is 32.7 Å². The van der Waals surface area contributed by atoms with Crippen LogP contribution in [0, 0.1) is 5.82 Å². The summed E-state index contributed by atoms with van der Waals surface area (Å²) in [4.78, 5) is 12.2. The predicted octanol–water partition coefficient (Wildman–Crippen LogP) is 4.18.